The van der Waals surface area contributed by atoms with Crippen LogP contribution in [0.5, 0.6) is 0 Å². The van der Waals surface area contributed by atoms with Gasteiger partial charge in [-0.25, -0.2) is 4.98 Å². The number of alkyl halides is 2. The molecule has 0 aliphatic heterocycles. The molecule has 0 aliphatic carbocycles. The minimum Gasteiger partial charge on any atom is -0.321 e. The average Bonchev–Trinajstić information content (AvgIpc) is 2.76. The van der Waals surface area contributed by atoms with E-state index < -0.39 is 12.3 Å². The fourth-order valence-electron chi connectivity index (χ4n) is 1.42. The maximum absolute atomic E-state index is 12.0. The smallest absolute Gasteiger partial charge is 0.315 e. The van der Waals surface area contributed by atoms with Crippen LogP contribution in [0.1, 0.15) is 5.01 Å². The van der Waals surface area contributed by atoms with E-state index in [1.807, 2.05) is 12.3 Å². The summed E-state index contributed by atoms with van der Waals surface area (Å²) in [5, 5.41) is 5.00. The summed E-state index contributed by atoms with van der Waals surface area (Å²) in [6.07, 6.45) is -3.01. The molecule has 18 heavy (non-hydrogen) atoms. The van der Waals surface area contributed by atoms with E-state index >= 15 is 0 Å². The Morgan fingerprint density at radius 2 is 2.00 bits per heavy atom. The Kier molecular flexibility index (Phi) is 3.66. The summed E-state index contributed by atoms with van der Waals surface area (Å²) in [5.74, 6) is -1.30. The SMILES string of the molecule is Cc1nc(-c2ccc(NC(=O)C(F)F)cc2)cs1. The summed E-state index contributed by atoms with van der Waals surface area (Å²) >= 11 is 1.54. The summed E-state index contributed by atoms with van der Waals surface area (Å²) in [6, 6.07) is 6.61. The summed E-state index contributed by atoms with van der Waals surface area (Å²) in [6.45, 7) is 1.91. The average molecular weight is 268 g/mol. The van der Waals surface area contributed by atoms with Gasteiger partial charge in [0.15, 0.2) is 0 Å². The summed E-state index contributed by atoms with van der Waals surface area (Å²) in [5.41, 5.74) is 2.06. The van der Waals surface area contributed by atoms with Crippen LogP contribution >= 0.6 is 11.3 Å². The molecule has 1 heterocycles. The predicted octanol–water partition coefficient (Wildman–Crippen LogP) is 3.32. The van der Waals surface area contributed by atoms with E-state index in [9.17, 15) is 13.6 Å². The predicted molar refractivity (Wildman–Crippen MR) is 66.9 cm³/mol. The molecule has 2 aromatic rings. The first kappa shape index (κ1) is 12.6. The second-order valence-corrected chi connectivity index (χ2v) is 4.68. The highest BCUT2D eigenvalue weighted by molar-refractivity contribution is 7.09. The summed E-state index contributed by atoms with van der Waals surface area (Å²) in [4.78, 5) is 15.1. The number of nitrogens with zero attached hydrogens (tertiary/aromatic N) is 1. The molecular weight excluding hydrogens is 258 g/mol. The lowest BCUT2D eigenvalue weighted by atomic mass is 10.1. The molecule has 0 atom stereocenters. The van der Waals surface area contributed by atoms with Crippen molar-refractivity contribution in [3.8, 4) is 11.3 Å². The van der Waals surface area contributed by atoms with E-state index in [-0.39, 0.29) is 0 Å². The number of halogens is 2. The van der Waals surface area contributed by atoms with Gasteiger partial charge >= 0.3 is 6.43 Å². The van der Waals surface area contributed by atoms with Crippen molar-refractivity contribution in [2.75, 3.05) is 5.32 Å². The highest BCUT2D eigenvalue weighted by Crippen LogP contribution is 2.23. The number of amides is 1. The van der Waals surface area contributed by atoms with Crippen LogP contribution in [0.2, 0.25) is 0 Å². The molecule has 0 bridgehead atoms. The van der Waals surface area contributed by atoms with E-state index in [4.69, 9.17) is 0 Å². The zero-order chi connectivity index (χ0) is 13.1. The number of aromatic nitrogens is 1. The number of carbonyl (C=O) groups excluding carboxylic acids is 1. The Bertz CT molecular complexity index is 551. The van der Waals surface area contributed by atoms with E-state index in [1.165, 1.54) is 11.3 Å². The number of rotatable bonds is 3. The van der Waals surface area contributed by atoms with Crippen molar-refractivity contribution in [2.24, 2.45) is 0 Å². The Balaban J connectivity index is 2.13. The van der Waals surface area contributed by atoms with E-state index in [0.717, 1.165) is 16.3 Å². The minimum atomic E-state index is -3.01. The fraction of sp³-hybridized carbons (Fsp3) is 0.167. The Morgan fingerprint density at radius 3 is 2.50 bits per heavy atom. The quantitative estimate of drug-likeness (QED) is 0.927. The van der Waals surface area contributed by atoms with Gasteiger partial charge in [0.25, 0.3) is 5.91 Å². The molecule has 1 amide bonds. The fourth-order valence-corrected chi connectivity index (χ4v) is 2.04. The van der Waals surface area contributed by atoms with Crippen LogP contribution in [0.15, 0.2) is 29.6 Å². The van der Waals surface area contributed by atoms with E-state index in [2.05, 4.69) is 10.3 Å². The number of aryl methyl sites for hydroxylation is 1. The number of nitrogens with one attached hydrogen (secondary N) is 1. The third-order valence-corrected chi connectivity index (χ3v) is 3.04. The van der Waals surface area contributed by atoms with Crippen molar-refractivity contribution in [2.45, 2.75) is 13.3 Å². The van der Waals surface area contributed by atoms with Gasteiger partial charge in [-0.1, -0.05) is 12.1 Å². The summed E-state index contributed by atoms with van der Waals surface area (Å²) < 4.78 is 24.1. The third kappa shape index (κ3) is 2.89. The largest absolute Gasteiger partial charge is 0.321 e. The normalized spacial score (nSPS) is 10.7. The molecule has 6 heteroatoms. The zero-order valence-electron chi connectivity index (χ0n) is 9.48. The van der Waals surface area contributed by atoms with Gasteiger partial charge in [0.1, 0.15) is 0 Å². The Morgan fingerprint density at radius 1 is 1.33 bits per heavy atom. The van der Waals surface area contributed by atoms with Crippen molar-refractivity contribution >= 4 is 22.9 Å². The van der Waals surface area contributed by atoms with Crippen LogP contribution in [-0.2, 0) is 4.79 Å². The van der Waals surface area contributed by atoms with Crippen LogP contribution in [0.25, 0.3) is 11.3 Å². The van der Waals surface area contributed by atoms with Crippen molar-refractivity contribution < 1.29 is 13.6 Å². The first-order valence-electron chi connectivity index (χ1n) is 5.18. The van der Waals surface area contributed by atoms with Crippen molar-refractivity contribution in [3.63, 3.8) is 0 Å². The highest BCUT2D eigenvalue weighted by atomic mass is 32.1. The Hall–Kier alpha value is -1.82. The molecule has 0 saturated heterocycles. The number of thiazole rings is 1. The van der Waals surface area contributed by atoms with Gasteiger partial charge in [0, 0.05) is 16.6 Å². The van der Waals surface area contributed by atoms with Gasteiger partial charge in [-0.05, 0) is 19.1 Å². The lowest BCUT2D eigenvalue weighted by Crippen LogP contribution is -2.19. The number of hydrogen-bond donors (Lipinski definition) is 1. The molecule has 94 valence electrons. The van der Waals surface area contributed by atoms with Crippen molar-refractivity contribution in [1.29, 1.82) is 0 Å². The maximum Gasteiger partial charge on any atom is 0.315 e. The maximum atomic E-state index is 12.0. The second kappa shape index (κ2) is 5.22. The molecule has 0 fully saturated rings. The molecule has 0 aliphatic rings. The Labute approximate surface area is 106 Å². The minimum absolute atomic E-state index is 0.344. The number of hydrogen-bond acceptors (Lipinski definition) is 3. The van der Waals surface area contributed by atoms with Gasteiger partial charge < -0.3 is 5.32 Å². The molecule has 0 spiro atoms. The van der Waals surface area contributed by atoms with Gasteiger partial charge in [0.05, 0.1) is 10.7 Å². The van der Waals surface area contributed by atoms with Crippen LogP contribution in [0.3, 0.4) is 0 Å². The third-order valence-electron chi connectivity index (χ3n) is 2.27. The van der Waals surface area contributed by atoms with Crippen LogP contribution in [0.4, 0.5) is 14.5 Å². The first-order chi connectivity index (χ1) is 8.56. The van der Waals surface area contributed by atoms with Gasteiger partial charge in [-0.2, -0.15) is 8.78 Å². The van der Waals surface area contributed by atoms with Crippen molar-refractivity contribution in [1.82, 2.24) is 4.98 Å². The second-order valence-electron chi connectivity index (χ2n) is 3.62. The molecule has 3 nitrogen and oxygen atoms in total. The topological polar surface area (TPSA) is 42.0 Å². The molecule has 0 saturated carbocycles. The molecular formula is C12H10F2N2OS. The van der Waals surface area contributed by atoms with Gasteiger partial charge in [-0.3, -0.25) is 4.79 Å². The van der Waals surface area contributed by atoms with E-state index in [1.54, 1.807) is 24.3 Å². The van der Waals surface area contributed by atoms with Crippen LogP contribution in [-0.4, -0.2) is 17.3 Å². The van der Waals surface area contributed by atoms with Gasteiger partial charge in [-0.15, -0.1) is 11.3 Å². The molecule has 0 radical (unpaired) electrons. The van der Waals surface area contributed by atoms with Crippen molar-refractivity contribution in [3.05, 3.63) is 34.7 Å². The van der Waals surface area contributed by atoms with Crippen LogP contribution < -0.4 is 5.32 Å². The monoisotopic (exact) mass is 268 g/mol. The number of benzene rings is 1. The van der Waals surface area contributed by atoms with E-state index in [0.29, 0.717) is 5.69 Å². The van der Waals surface area contributed by atoms with Crippen LogP contribution in [0, 0.1) is 6.92 Å². The number of anilines is 1. The standard InChI is InChI=1S/C12H10F2N2OS/c1-7-15-10(6-18-7)8-2-4-9(5-3-8)16-12(17)11(13)14/h2-6,11H,1H3,(H,16,17). The molecule has 1 aromatic carbocycles. The highest BCUT2D eigenvalue weighted by Gasteiger charge is 2.14. The first-order valence-corrected chi connectivity index (χ1v) is 6.06. The lowest BCUT2D eigenvalue weighted by molar-refractivity contribution is -0.126. The molecule has 1 N–H and O–H groups in total. The molecule has 1 aromatic heterocycles. The summed E-state index contributed by atoms with van der Waals surface area (Å²) in [7, 11) is 0. The zero-order valence-corrected chi connectivity index (χ0v) is 10.3. The molecule has 0 unspecified atom stereocenters. The number of carbonyl (C=O) groups is 1. The van der Waals surface area contributed by atoms with Gasteiger partial charge in [0.2, 0.25) is 0 Å². The molecule has 2 rings (SSSR count). The lowest BCUT2D eigenvalue weighted by Gasteiger charge is -2.04.